The first-order valence-electron chi connectivity index (χ1n) is 5.34. The second-order valence-corrected chi connectivity index (χ2v) is 5.15. The third-order valence-electron chi connectivity index (χ3n) is 2.93. The third-order valence-corrected chi connectivity index (χ3v) is 2.93. The SMILES string of the molecule is C#CC1CCC(N(C(=O)O)C(C)(C)C)C1. The maximum Gasteiger partial charge on any atom is 0.407 e. The van der Waals surface area contributed by atoms with Gasteiger partial charge in [-0.3, -0.25) is 0 Å². The van der Waals surface area contributed by atoms with Gasteiger partial charge in [0.25, 0.3) is 0 Å². The number of rotatable bonds is 1. The van der Waals surface area contributed by atoms with Gasteiger partial charge in [0.1, 0.15) is 0 Å². The van der Waals surface area contributed by atoms with E-state index in [9.17, 15) is 9.90 Å². The molecule has 1 saturated carbocycles. The summed E-state index contributed by atoms with van der Waals surface area (Å²) in [5.74, 6) is 2.97. The maximum absolute atomic E-state index is 11.2. The number of amides is 1. The van der Waals surface area contributed by atoms with E-state index in [0.29, 0.717) is 0 Å². The monoisotopic (exact) mass is 209 g/mol. The highest BCUT2D eigenvalue weighted by molar-refractivity contribution is 5.66. The Balaban J connectivity index is 2.76. The lowest BCUT2D eigenvalue weighted by Gasteiger charge is -2.38. The molecule has 1 aliphatic rings. The largest absolute Gasteiger partial charge is 0.465 e. The van der Waals surface area contributed by atoms with Crippen LogP contribution in [-0.2, 0) is 0 Å². The molecular formula is C12H19NO2. The first-order chi connectivity index (χ1) is 6.86. The van der Waals surface area contributed by atoms with Crippen molar-refractivity contribution in [2.75, 3.05) is 0 Å². The van der Waals surface area contributed by atoms with Crippen molar-refractivity contribution in [3.8, 4) is 12.3 Å². The van der Waals surface area contributed by atoms with E-state index in [1.807, 2.05) is 20.8 Å². The number of hydrogen-bond donors (Lipinski definition) is 1. The average molecular weight is 209 g/mol. The lowest BCUT2D eigenvalue weighted by molar-refractivity contribution is 0.0714. The van der Waals surface area contributed by atoms with Crippen LogP contribution in [0.4, 0.5) is 4.79 Å². The summed E-state index contributed by atoms with van der Waals surface area (Å²) in [7, 11) is 0. The molecule has 0 heterocycles. The minimum absolute atomic E-state index is 0.0866. The van der Waals surface area contributed by atoms with Gasteiger partial charge >= 0.3 is 6.09 Å². The topological polar surface area (TPSA) is 40.5 Å². The normalized spacial score (nSPS) is 26.0. The fourth-order valence-electron chi connectivity index (χ4n) is 2.33. The van der Waals surface area contributed by atoms with E-state index in [-0.39, 0.29) is 17.5 Å². The van der Waals surface area contributed by atoms with Crippen molar-refractivity contribution in [1.29, 1.82) is 0 Å². The summed E-state index contributed by atoms with van der Waals surface area (Å²) in [5, 5.41) is 9.20. The van der Waals surface area contributed by atoms with Crippen LogP contribution in [0.2, 0.25) is 0 Å². The summed E-state index contributed by atoms with van der Waals surface area (Å²) < 4.78 is 0. The third kappa shape index (κ3) is 2.65. The molecule has 0 saturated heterocycles. The van der Waals surface area contributed by atoms with Gasteiger partial charge in [0, 0.05) is 17.5 Å². The molecule has 3 heteroatoms. The van der Waals surface area contributed by atoms with Crippen molar-refractivity contribution in [2.45, 2.75) is 51.6 Å². The van der Waals surface area contributed by atoms with Crippen molar-refractivity contribution in [3.63, 3.8) is 0 Å². The summed E-state index contributed by atoms with van der Waals surface area (Å²) in [5.41, 5.74) is -0.347. The lowest BCUT2D eigenvalue weighted by Crippen LogP contribution is -2.50. The number of hydrogen-bond acceptors (Lipinski definition) is 1. The van der Waals surface area contributed by atoms with Crippen LogP contribution in [0.3, 0.4) is 0 Å². The van der Waals surface area contributed by atoms with Crippen LogP contribution in [0.5, 0.6) is 0 Å². The van der Waals surface area contributed by atoms with Crippen LogP contribution in [0.25, 0.3) is 0 Å². The highest BCUT2D eigenvalue weighted by atomic mass is 16.4. The van der Waals surface area contributed by atoms with E-state index >= 15 is 0 Å². The fourth-order valence-corrected chi connectivity index (χ4v) is 2.33. The summed E-state index contributed by atoms with van der Waals surface area (Å²) in [4.78, 5) is 12.7. The molecule has 1 N–H and O–H groups in total. The van der Waals surface area contributed by atoms with Gasteiger partial charge in [0.15, 0.2) is 0 Å². The molecule has 0 spiro atoms. The zero-order valence-electron chi connectivity index (χ0n) is 9.66. The molecule has 0 radical (unpaired) electrons. The number of nitrogens with zero attached hydrogens (tertiary/aromatic N) is 1. The Bertz CT molecular complexity index is 285. The standard InChI is InChI=1S/C12H19NO2/c1-5-9-6-7-10(8-9)13(11(14)15)12(2,3)4/h1,9-10H,6-8H2,2-4H3,(H,14,15). The summed E-state index contributed by atoms with van der Waals surface area (Å²) in [6.45, 7) is 5.76. The van der Waals surface area contributed by atoms with E-state index in [4.69, 9.17) is 6.42 Å². The lowest BCUT2D eigenvalue weighted by atomic mass is 10.0. The molecule has 0 bridgehead atoms. The molecule has 15 heavy (non-hydrogen) atoms. The number of carboxylic acid groups (broad SMARTS) is 1. The second kappa shape index (κ2) is 4.14. The number of carbonyl (C=O) groups is 1. The van der Waals surface area contributed by atoms with Gasteiger partial charge < -0.3 is 10.0 Å². The molecule has 0 aromatic rings. The minimum atomic E-state index is -0.842. The summed E-state index contributed by atoms with van der Waals surface area (Å²) in [6.07, 6.45) is 7.16. The predicted molar refractivity (Wildman–Crippen MR) is 59.6 cm³/mol. The second-order valence-electron chi connectivity index (χ2n) is 5.15. The summed E-state index contributed by atoms with van der Waals surface area (Å²) in [6, 6.07) is 0.0866. The average Bonchev–Trinajstić information content (AvgIpc) is 2.49. The van der Waals surface area contributed by atoms with Crippen molar-refractivity contribution >= 4 is 6.09 Å². The van der Waals surface area contributed by atoms with Gasteiger partial charge in [-0.25, -0.2) is 4.79 Å². The molecular weight excluding hydrogens is 190 g/mol. The Labute approximate surface area is 91.5 Å². The van der Waals surface area contributed by atoms with Crippen molar-refractivity contribution in [3.05, 3.63) is 0 Å². The van der Waals surface area contributed by atoms with Crippen molar-refractivity contribution in [1.82, 2.24) is 4.90 Å². The minimum Gasteiger partial charge on any atom is -0.465 e. The zero-order valence-corrected chi connectivity index (χ0v) is 9.66. The first kappa shape index (κ1) is 11.9. The number of terminal acetylenes is 1. The smallest absolute Gasteiger partial charge is 0.407 e. The van der Waals surface area contributed by atoms with E-state index in [1.54, 1.807) is 4.90 Å². The van der Waals surface area contributed by atoms with Gasteiger partial charge in [-0.05, 0) is 40.0 Å². The molecule has 1 rings (SSSR count). The highest BCUT2D eigenvalue weighted by Gasteiger charge is 2.37. The Morgan fingerprint density at radius 2 is 2.07 bits per heavy atom. The van der Waals surface area contributed by atoms with Crippen LogP contribution in [-0.4, -0.2) is 27.7 Å². The first-order valence-corrected chi connectivity index (χ1v) is 5.34. The summed E-state index contributed by atoms with van der Waals surface area (Å²) >= 11 is 0. The Hall–Kier alpha value is -1.17. The van der Waals surface area contributed by atoms with Gasteiger partial charge in [-0.1, -0.05) is 0 Å². The quantitative estimate of drug-likeness (QED) is 0.674. The molecule has 0 aromatic carbocycles. The van der Waals surface area contributed by atoms with E-state index in [0.717, 1.165) is 19.3 Å². The molecule has 1 amide bonds. The molecule has 0 aliphatic heterocycles. The molecule has 2 unspecified atom stereocenters. The van der Waals surface area contributed by atoms with E-state index in [1.165, 1.54) is 0 Å². The Morgan fingerprint density at radius 3 is 2.40 bits per heavy atom. The Kier molecular flexibility index (Phi) is 3.28. The van der Waals surface area contributed by atoms with Gasteiger partial charge in [-0.2, -0.15) is 0 Å². The van der Waals surface area contributed by atoms with Gasteiger partial charge in [0.2, 0.25) is 0 Å². The van der Waals surface area contributed by atoms with E-state index in [2.05, 4.69) is 5.92 Å². The van der Waals surface area contributed by atoms with Crippen molar-refractivity contribution < 1.29 is 9.90 Å². The van der Waals surface area contributed by atoms with Crippen LogP contribution in [0.1, 0.15) is 40.0 Å². The molecule has 0 aromatic heterocycles. The molecule has 3 nitrogen and oxygen atoms in total. The predicted octanol–water partition coefficient (Wildman–Crippen LogP) is 2.57. The van der Waals surface area contributed by atoms with Crippen LogP contribution in [0, 0.1) is 18.3 Å². The molecule has 84 valence electrons. The van der Waals surface area contributed by atoms with Gasteiger partial charge in [-0.15, -0.1) is 12.3 Å². The van der Waals surface area contributed by atoms with Gasteiger partial charge in [0.05, 0.1) is 0 Å². The maximum atomic E-state index is 11.2. The molecule has 2 atom stereocenters. The zero-order chi connectivity index (χ0) is 11.6. The Morgan fingerprint density at radius 1 is 1.47 bits per heavy atom. The van der Waals surface area contributed by atoms with Crippen molar-refractivity contribution in [2.24, 2.45) is 5.92 Å². The fraction of sp³-hybridized carbons (Fsp3) is 0.750. The van der Waals surface area contributed by atoms with Crippen LogP contribution >= 0.6 is 0 Å². The van der Waals surface area contributed by atoms with Crippen LogP contribution < -0.4 is 0 Å². The van der Waals surface area contributed by atoms with Crippen LogP contribution in [0.15, 0.2) is 0 Å². The molecule has 1 aliphatic carbocycles. The van der Waals surface area contributed by atoms with E-state index < -0.39 is 6.09 Å². The molecule has 1 fully saturated rings. The highest BCUT2D eigenvalue weighted by Crippen LogP contribution is 2.32.